The Morgan fingerprint density at radius 3 is 2.33 bits per heavy atom. The summed E-state index contributed by atoms with van der Waals surface area (Å²) < 4.78 is 12.3. The summed E-state index contributed by atoms with van der Waals surface area (Å²) in [6.45, 7) is 2.18. The van der Waals surface area contributed by atoms with Crippen LogP contribution in [0.25, 0.3) is 0 Å². The van der Waals surface area contributed by atoms with Crippen molar-refractivity contribution in [3.8, 4) is 11.5 Å². The minimum absolute atomic E-state index is 0.316. The highest BCUT2D eigenvalue weighted by atomic mass is 79.9. The number of para-hydroxylation sites is 1. The summed E-state index contributed by atoms with van der Waals surface area (Å²) in [6.07, 6.45) is 1.43. The summed E-state index contributed by atoms with van der Waals surface area (Å²) in [7, 11) is 0. The highest BCUT2D eigenvalue weighted by Crippen LogP contribution is 2.24. The van der Waals surface area contributed by atoms with Crippen LogP contribution in [-0.4, -0.2) is 18.1 Å². The number of esters is 1. The van der Waals surface area contributed by atoms with Crippen molar-refractivity contribution in [3.05, 3.63) is 129 Å². The molecule has 0 fully saturated rings. The molecule has 0 spiro atoms. The Labute approximate surface area is 217 Å². The average molecular weight is 543 g/mol. The number of carbonyl (C=O) groups excluding carboxylic acids is 2. The van der Waals surface area contributed by atoms with E-state index in [4.69, 9.17) is 9.47 Å². The van der Waals surface area contributed by atoms with Gasteiger partial charge in [0.1, 0.15) is 18.1 Å². The van der Waals surface area contributed by atoms with Crippen molar-refractivity contribution < 1.29 is 19.1 Å². The summed E-state index contributed by atoms with van der Waals surface area (Å²) in [6, 6.07) is 29.0. The molecule has 0 aliphatic rings. The number of aryl methyl sites for hydroxylation is 1. The molecular formula is C29H23BrN2O4. The predicted molar refractivity (Wildman–Crippen MR) is 143 cm³/mol. The van der Waals surface area contributed by atoms with Gasteiger partial charge in [-0.2, -0.15) is 5.10 Å². The van der Waals surface area contributed by atoms with E-state index >= 15 is 0 Å². The number of hydrogen-bond acceptors (Lipinski definition) is 5. The van der Waals surface area contributed by atoms with Crippen molar-refractivity contribution >= 4 is 34.0 Å². The number of rotatable bonds is 8. The second kappa shape index (κ2) is 12.0. The van der Waals surface area contributed by atoms with Crippen LogP contribution >= 0.6 is 15.9 Å². The number of hydrogen-bond donors (Lipinski definition) is 1. The molecule has 4 rings (SSSR count). The summed E-state index contributed by atoms with van der Waals surface area (Å²) in [5.74, 6) is -0.137. The lowest BCUT2D eigenvalue weighted by molar-refractivity contribution is 0.0733. The molecule has 0 aliphatic carbocycles. The topological polar surface area (TPSA) is 77.0 Å². The van der Waals surface area contributed by atoms with E-state index < -0.39 is 11.9 Å². The maximum atomic E-state index is 12.8. The molecule has 0 aromatic heterocycles. The van der Waals surface area contributed by atoms with E-state index in [2.05, 4.69) is 26.5 Å². The third-order valence-electron chi connectivity index (χ3n) is 5.28. The molecule has 1 N–H and O–H groups in total. The molecule has 36 heavy (non-hydrogen) atoms. The van der Waals surface area contributed by atoms with Crippen molar-refractivity contribution in [2.24, 2.45) is 5.10 Å². The van der Waals surface area contributed by atoms with Gasteiger partial charge in [-0.3, -0.25) is 4.79 Å². The fourth-order valence-electron chi connectivity index (χ4n) is 3.41. The Bertz CT molecular complexity index is 1400. The highest BCUT2D eigenvalue weighted by Gasteiger charge is 2.14. The largest absolute Gasteiger partial charge is 0.488 e. The van der Waals surface area contributed by atoms with Gasteiger partial charge in [0.15, 0.2) is 0 Å². The average Bonchev–Trinajstić information content (AvgIpc) is 2.90. The normalized spacial score (nSPS) is 10.7. The molecule has 1 amide bonds. The molecular weight excluding hydrogens is 520 g/mol. The molecule has 0 saturated heterocycles. The van der Waals surface area contributed by atoms with Gasteiger partial charge in [-0.05, 0) is 54.4 Å². The van der Waals surface area contributed by atoms with Crippen molar-refractivity contribution in [2.45, 2.75) is 13.5 Å². The van der Waals surface area contributed by atoms with E-state index in [1.165, 1.54) is 6.21 Å². The van der Waals surface area contributed by atoms with Gasteiger partial charge in [0.2, 0.25) is 0 Å². The van der Waals surface area contributed by atoms with Gasteiger partial charge in [-0.1, -0.05) is 76.6 Å². The van der Waals surface area contributed by atoms with E-state index in [1.54, 1.807) is 54.6 Å². The highest BCUT2D eigenvalue weighted by molar-refractivity contribution is 9.10. The quantitative estimate of drug-likeness (QED) is 0.122. The third kappa shape index (κ3) is 6.46. The standard InChI is InChI=1S/C29H23BrN2O4/c1-20-9-5-6-12-24(20)29(34)36-26-16-15-23(30)17-22(26)18-31-32-28(33)25-13-7-8-14-27(25)35-19-21-10-3-2-4-11-21/h2-18H,19H2,1H3,(H,32,33). The molecule has 0 saturated carbocycles. The van der Waals surface area contributed by atoms with Crippen molar-refractivity contribution in [2.75, 3.05) is 0 Å². The molecule has 4 aromatic rings. The Balaban J connectivity index is 1.46. The smallest absolute Gasteiger partial charge is 0.343 e. The maximum Gasteiger partial charge on any atom is 0.343 e. The molecule has 6 nitrogen and oxygen atoms in total. The summed E-state index contributed by atoms with van der Waals surface area (Å²) in [5, 5.41) is 4.08. The van der Waals surface area contributed by atoms with Crippen LogP contribution in [0, 0.1) is 6.92 Å². The number of nitrogens with zero attached hydrogens (tertiary/aromatic N) is 1. The van der Waals surface area contributed by atoms with Gasteiger partial charge in [-0.25, -0.2) is 10.2 Å². The van der Waals surface area contributed by atoms with E-state index in [1.807, 2.05) is 49.4 Å². The summed E-state index contributed by atoms with van der Waals surface area (Å²) in [5.41, 5.74) is 5.67. The maximum absolute atomic E-state index is 12.8. The summed E-state index contributed by atoms with van der Waals surface area (Å²) in [4.78, 5) is 25.5. The van der Waals surface area contributed by atoms with Crippen LogP contribution in [0.2, 0.25) is 0 Å². The van der Waals surface area contributed by atoms with Crippen LogP contribution in [0.4, 0.5) is 0 Å². The van der Waals surface area contributed by atoms with Crippen LogP contribution in [0.15, 0.2) is 107 Å². The zero-order valence-corrected chi connectivity index (χ0v) is 21.1. The lowest BCUT2D eigenvalue weighted by Gasteiger charge is -2.11. The lowest BCUT2D eigenvalue weighted by Crippen LogP contribution is -2.19. The van der Waals surface area contributed by atoms with Gasteiger partial charge in [0.25, 0.3) is 5.91 Å². The van der Waals surface area contributed by atoms with Crippen LogP contribution in [0.1, 0.15) is 37.4 Å². The molecule has 180 valence electrons. The first-order valence-corrected chi connectivity index (χ1v) is 12.0. The van der Waals surface area contributed by atoms with Gasteiger partial charge in [-0.15, -0.1) is 0 Å². The van der Waals surface area contributed by atoms with Crippen LogP contribution in [0.5, 0.6) is 11.5 Å². The first-order chi connectivity index (χ1) is 17.5. The number of benzene rings is 4. The van der Waals surface area contributed by atoms with Crippen molar-refractivity contribution in [1.82, 2.24) is 5.43 Å². The van der Waals surface area contributed by atoms with Crippen LogP contribution in [0.3, 0.4) is 0 Å². The fourth-order valence-corrected chi connectivity index (χ4v) is 3.78. The molecule has 0 radical (unpaired) electrons. The first-order valence-electron chi connectivity index (χ1n) is 11.2. The molecule has 7 heteroatoms. The molecule has 0 heterocycles. The molecule has 0 bridgehead atoms. The van der Waals surface area contributed by atoms with Crippen LogP contribution in [-0.2, 0) is 6.61 Å². The van der Waals surface area contributed by atoms with E-state index in [0.717, 1.165) is 15.6 Å². The van der Waals surface area contributed by atoms with Gasteiger partial charge in [0, 0.05) is 10.0 Å². The summed E-state index contributed by atoms with van der Waals surface area (Å²) >= 11 is 3.42. The Morgan fingerprint density at radius 2 is 1.56 bits per heavy atom. The first kappa shape index (κ1) is 24.9. The Morgan fingerprint density at radius 1 is 0.861 bits per heavy atom. The van der Waals surface area contributed by atoms with Crippen LogP contribution < -0.4 is 14.9 Å². The number of amides is 1. The third-order valence-corrected chi connectivity index (χ3v) is 5.77. The fraction of sp³-hybridized carbons (Fsp3) is 0.0690. The zero-order chi connectivity index (χ0) is 25.3. The van der Waals surface area contributed by atoms with Gasteiger partial charge >= 0.3 is 5.97 Å². The molecule has 0 unspecified atom stereocenters. The predicted octanol–water partition coefficient (Wildman–Crippen LogP) is 6.32. The minimum Gasteiger partial charge on any atom is -0.488 e. The number of nitrogens with one attached hydrogen (secondary N) is 1. The van der Waals surface area contributed by atoms with E-state index in [-0.39, 0.29) is 0 Å². The lowest BCUT2D eigenvalue weighted by atomic mass is 10.1. The second-order valence-corrected chi connectivity index (χ2v) is 8.77. The monoisotopic (exact) mass is 542 g/mol. The molecule has 0 atom stereocenters. The molecule has 4 aromatic carbocycles. The Kier molecular flexibility index (Phi) is 8.26. The number of ether oxygens (including phenoxy) is 2. The van der Waals surface area contributed by atoms with Gasteiger partial charge < -0.3 is 9.47 Å². The minimum atomic E-state index is -0.474. The zero-order valence-electron chi connectivity index (χ0n) is 19.5. The van der Waals surface area contributed by atoms with Gasteiger partial charge in [0.05, 0.1) is 17.3 Å². The SMILES string of the molecule is Cc1ccccc1C(=O)Oc1ccc(Br)cc1C=NNC(=O)c1ccccc1OCc1ccccc1. The second-order valence-electron chi connectivity index (χ2n) is 7.86. The van der Waals surface area contributed by atoms with E-state index in [9.17, 15) is 9.59 Å². The van der Waals surface area contributed by atoms with Crippen molar-refractivity contribution in [3.63, 3.8) is 0 Å². The van der Waals surface area contributed by atoms with E-state index in [0.29, 0.717) is 34.8 Å². The number of carbonyl (C=O) groups is 2. The number of halogens is 1. The number of hydrazone groups is 1. The Hall–Kier alpha value is -4.23. The molecule has 0 aliphatic heterocycles. The van der Waals surface area contributed by atoms with Crippen molar-refractivity contribution in [1.29, 1.82) is 0 Å².